The number of allylic oxidation sites excluding steroid dienone is 4. The minimum Gasteiger partial charge on any atom is -0.407 e. The molecule has 0 aliphatic rings. The Labute approximate surface area is 310 Å². The summed E-state index contributed by atoms with van der Waals surface area (Å²) in [7, 11) is 0. The van der Waals surface area contributed by atoms with Crippen molar-refractivity contribution in [2.45, 2.75) is 212 Å². The number of carbonyl (C=O) groups is 2. The standard InChI is InChI=1S/C41H78N2O8/c1-4-6-8-10-12-14-16-18-20-22-24-26-28-30-32-34-37(44)50-40(43,35-42)51-38(45)36(41(48,49)39(3,46)47)33-31-29-27-25-23-21-19-17-15-13-11-9-7-5-2/h18-21,36,46-49H,4-17,22-35,42-43H2,1-3H3/b20-18-,21-19-. The van der Waals surface area contributed by atoms with Gasteiger partial charge in [-0.05, 0) is 71.1 Å². The zero-order chi connectivity index (χ0) is 38.3. The van der Waals surface area contributed by atoms with Crippen LogP contribution in [0.5, 0.6) is 0 Å². The van der Waals surface area contributed by atoms with Gasteiger partial charge < -0.3 is 35.6 Å². The second kappa shape index (κ2) is 30.6. The van der Waals surface area contributed by atoms with Crippen LogP contribution in [-0.4, -0.2) is 56.4 Å². The van der Waals surface area contributed by atoms with E-state index in [1.54, 1.807) is 0 Å². The zero-order valence-electron chi connectivity index (χ0n) is 32.8. The Morgan fingerprint density at radius 3 is 1.35 bits per heavy atom. The van der Waals surface area contributed by atoms with Crippen molar-refractivity contribution in [2.75, 3.05) is 6.54 Å². The maximum atomic E-state index is 13.2. The van der Waals surface area contributed by atoms with E-state index >= 15 is 0 Å². The third-order valence-corrected chi connectivity index (χ3v) is 9.46. The van der Waals surface area contributed by atoms with Crippen molar-refractivity contribution in [1.29, 1.82) is 0 Å². The molecule has 0 fully saturated rings. The van der Waals surface area contributed by atoms with Gasteiger partial charge in [0.2, 0.25) is 11.6 Å². The van der Waals surface area contributed by atoms with Crippen molar-refractivity contribution in [3.05, 3.63) is 24.3 Å². The summed E-state index contributed by atoms with van der Waals surface area (Å²) in [5.41, 5.74) is 11.7. The number of rotatable bonds is 35. The number of nitrogens with two attached hydrogens (primary N) is 2. The fourth-order valence-electron chi connectivity index (χ4n) is 5.99. The predicted octanol–water partition coefficient (Wildman–Crippen LogP) is 8.33. The summed E-state index contributed by atoms with van der Waals surface area (Å²) < 4.78 is 10.4. The highest BCUT2D eigenvalue weighted by Gasteiger charge is 2.54. The van der Waals surface area contributed by atoms with Gasteiger partial charge in [-0.3, -0.25) is 15.3 Å². The van der Waals surface area contributed by atoms with E-state index in [1.165, 1.54) is 77.0 Å². The first kappa shape index (κ1) is 49.2. The van der Waals surface area contributed by atoms with Gasteiger partial charge >= 0.3 is 17.8 Å². The number of ether oxygens (including phenoxy) is 2. The molecule has 0 aromatic carbocycles. The SMILES string of the molecule is CCCCCCCC/C=C\CCCCCCCC(=O)OC(N)(CN)OC(=O)C(CCCCCC/C=C\CCCCCCCC)C(O)(O)C(C)(O)O. The summed E-state index contributed by atoms with van der Waals surface area (Å²) in [5, 5.41) is 41.3. The summed E-state index contributed by atoms with van der Waals surface area (Å²) in [6, 6.07) is 0. The van der Waals surface area contributed by atoms with Crippen molar-refractivity contribution >= 4 is 11.9 Å². The summed E-state index contributed by atoms with van der Waals surface area (Å²) in [5.74, 6) is -12.4. The second-order valence-corrected chi connectivity index (χ2v) is 14.6. The second-order valence-electron chi connectivity index (χ2n) is 14.6. The third-order valence-electron chi connectivity index (χ3n) is 9.46. The zero-order valence-corrected chi connectivity index (χ0v) is 32.8. The van der Waals surface area contributed by atoms with Crippen LogP contribution in [0.1, 0.15) is 194 Å². The Bertz CT molecular complexity index is 918. The molecule has 10 nitrogen and oxygen atoms in total. The van der Waals surface area contributed by atoms with Crippen molar-refractivity contribution in [1.82, 2.24) is 0 Å². The van der Waals surface area contributed by atoms with E-state index < -0.39 is 41.9 Å². The van der Waals surface area contributed by atoms with Crippen LogP contribution in [0.4, 0.5) is 0 Å². The van der Waals surface area contributed by atoms with E-state index in [9.17, 15) is 30.0 Å². The number of aliphatic hydroxyl groups is 4. The largest absolute Gasteiger partial charge is 0.407 e. The molecule has 51 heavy (non-hydrogen) atoms. The minimum atomic E-state index is -3.26. The van der Waals surface area contributed by atoms with Crippen LogP contribution >= 0.6 is 0 Å². The molecule has 0 rings (SSSR count). The molecule has 10 heteroatoms. The topological polar surface area (TPSA) is 186 Å². The molecule has 0 heterocycles. The fraction of sp³-hybridized carbons (Fsp3) is 0.854. The van der Waals surface area contributed by atoms with Gasteiger partial charge in [0.1, 0.15) is 5.92 Å². The molecule has 0 bridgehead atoms. The normalized spacial score (nSPS) is 14.3. The van der Waals surface area contributed by atoms with E-state index in [-0.39, 0.29) is 12.8 Å². The molecule has 0 aromatic rings. The van der Waals surface area contributed by atoms with Crippen molar-refractivity contribution < 1.29 is 39.5 Å². The maximum absolute atomic E-state index is 13.2. The molecular weight excluding hydrogens is 648 g/mol. The Kier molecular flexibility index (Phi) is 29.5. The maximum Gasteiger partial charge on any atom is 0.328 e. The first-order chi connectivity index (χ1) is 24.3. The first-order valence-corrected chi connectivity index (χ1v) is 20.5. The van der Waals surface area contributed by atoms with Gasteiger partial charge in [0.25, 0.3) is 0 Å². The van der Waals surface area contributed by atoms with Gasteiger partial charge in [-0.2, -0.15) is 0 Å². The Balaban J connectivity index is 4.55. The number of esters is 2. The van der Waals surface area contributed by atoms with Crippen LogP contribution in [0.3, 0.4) is 0 Å². The molecule has 2 atom stereocenters. The summed E-state index contributed by atoms with van der Waals surface area (Å²) >= 11 is 0. The van der Waals surface area contributed by atoms with E-state index in [1.807, 2.05) is 0 Å². The highest BCUT2D eigenvalue weighted by atomic mass is 16.7. The molecule has 0 aliphatic heterocycles. The van der Waals surface area contributed by atoms with E-state index in [0.29, 0.717) is 19.3 Å². The Hall–Kier alpha value is -1.82. The lowest BCUT2D eigenvalue weighted by Gasteiger charge is -2.38. The van der Waals surface area contributed by atoms with Crippen molar-refractivity contribution in [3.63, 3.8) is 0 Å². The molecule has 0 spiro atoms. The number of carbonyl (C=O) groups excluding carboxylic acids is 2. The van der Waals surface area contributed by atoms with Crippen molar-refractivity contribution in [3.8, 4) is 0 Å². The molecule has 0 aliphatic carbocycles. The van der Waals surface area contributed by atoms with Crippen LogP contribution < -0.4 is 11.5 Å². The molecule has 0 saturated carbocycles. The smallest absolute Gasteiger partial charge is 0.328 e. The van der Waals surface area contributed by atoms with Crippen molar-refractivity contribution in [2.24, 2.45) is 17.4 Å². The van der Waals surface area contributed by atoms with Crippen LogP contribution in [0.2, 0.25) is 0 Å². The van der Waals surface area contributed by atoms with Crippen LogP contribution in [-0.2, 0) is 19.1 Å². The van der Waals surface area contributed by atoms with Gasteiger partial charge in [-0.25, -0.2) is 0 Å². The average molecular weight is 727 g/mol. The number of hydrogen-bond acceptors (Lipinski definition) is 10. The molecule has 300 valence electrons. The first-order valence-electron chi connectivity index (χ1n) is 20.5. The molecular formula is C41H78N2O8. The lowest BCUT2D eigenvalue weighted by molar-refractivity contribution is -0.368. The molecule has 0 radical (unpaired) electrons. The lowest BCUT2D eigenvalue weighted by Crippen LogP contribution is -2.62. The summed E-state index contributed by atoms with van der Waals surface area (Å²) in [6.45, 7) is 4.64. The highest BCUT2D eigenvalue weighted by molar-refractivity contribution is 5.75. The Morgan fingerprint density at radius 1 is 0.588 bits per heavy atom. The fourth-order valence-corrected chi connectivity index (χ4v) is 5.99. The highest BCUT2D eigenvalue weighted by Crippen LogP contribution is 2.32. The van der Waals surface area contributed by atoms with Gasteiger partial charge in [0.05, 0.1) is 6.54 Å². The van der Waals surface area contributed by atoms with Gasteiger partial charge in [-0.1, -0.05) is 141 Å². The molecule has 2 unspecified atom stereocenters. The number of hydrogen-bond donors (Lipinski definition) is 6. The minimum absolute atomic E-state index is 0.0572. The predicted molar refractivity (Wildman–Crippen MR) is 206 cm³/mol. The lowest BCUT2D eigenvalue weighted by atomic mass is 9.87. The average Bonchev–Trinajstić information content (AvgIpc) is 3.07. The Morgan fingerprint density at radius 2 is 0.961 bits per heavy atom. The van der Waals surface area contributed by atoms with Crippen LogP contribution in [0.25, 0.3) is 0 Å². The van der Waals surface area contributed by atoms with Gasteiger partial charge in [0.15, 0.2) is 0 Å². The molecule has 0 saturated heterocycles. The molecule has 0 amide bonds. The summed E-state index contributed by atoms with van der Waals surface area (Å²) in [4.78, 5) is 25.7. The van der Waals surface area contributed by atoms with Gasteiger partial charge in [-0.15, -0.1) is 0 Å². The van der Waals surface area contributed by atoms with Crippen LogP contribution in [0, 0.1) is 5.92 Å². The monoisotopic (exact) mass is 727 g/mol. The third kappa shape index (κ3) is 25.7. The van der Waals surface area contributed by atoms with E-state index in [0.717, 1.165) is 71.1 Å². The van der Waals surface area contributed by atoms with E-state index in [4.69, 9.17) is 20.9 Å². The molecule has 8 N–H and O–H groups in total. The molecule has 0 aromatic heterocycles. The van der Waals surface area contributed by atoms with Gasteiger partial charge in [0, 0.05) is 6.42 Å². The van der Waals surface area contributed by atoms with E-state index in [2.05, 4.69) is 38.2 Å². The van der Waals surface area contributed by atoms with Crippen LogP contribution in [0.15, 0.2) is 24.3 Å². The quantitative estimate of drug-likeness (QED) is 0.0161. The summed E-state index contributed by atoms with van der Waals surface area (Å²) in [6.07, 6.45) is 36.0. The number of unbranched alkanes of at least 4 members (excludes halogenated alkanes) is 21.